The summed E-state index contributed by atoms with van der Waals surface area (Å²) in [6.07, 6.45) is 3.68. The predicted molar refractivity (Wildman–Crippen MR) is 106 cm³/mol. The molecule has 0 radical (unpaired) electrons. The molecule has 0 aliphatic rings. The van der Waals surface area contributed by atoms with E-state index in [9.17, 15) is 14.4 Å². The van der Waals surface area contributed by atoms with Gasteiger partial charge in [-0.1, -0.05) is 26.0 Å². The summed E-state index contributed by atoms with van der Waals surface area (Å²) in [6.45, 7) is 3.73. The first-order valence-electron chi connectivity index (χ1n) is 9.27. The summed E-state index contributed by atoms with van der Waals surface area (Å²) in [4.78, 5) is 39.5. The van der Waals surface area contributed by atoms with E-state index < -0.39 is 23.8 Å². The highest BCUT2D eigenvalue weighted by atomic mass is 16.5. The van der Waals surface area contributed by atoms with Crippen LogP contribution < -0.4 is 15.4 Å². The number of hydrogen-bond acceptors (Lipinski definition) is 5. The molecule has 0 aliphatic carbocycles. The van der Waals surface area contributed by atoms with Crippen LogP contribution in [0.15, 0.2) is 48.8 Å². The number of pyridine rings is 1. The molecule has 1 aromatic carbocycles. The van der Waals surface area contributed by atoms with Gasteiger partial charge in [0.2, 0.25) is 5.91 Å². The lowest BCUT2D eigenvalue weighted by Crippen LogP contribution is -2.46. The van der Waals surface area contributed by atoms with Gasteiger partial charge < -0.3 is 20.5 Å². The van der Waals surface area contributed by atoms with Gasteiger partial charge in [0.1, 0.15) is 18.4 Å². The van der Waals surface area contributed by atoms with Gasteiger partial charge in [0, 0.05) is 23.5 Å². The van der Waals surface area contributed by atoms with Crippen molar-refractivity contribution in [2.24, 2.45) is 5.92 Å². The molecular formula is C21H25N3O5. The Morgan fingerprint density at radius 3 is 2.62 bits per heavy atom. The van der Waals surface area contributed by atoms with Gasteiger partial charge in [-0.15, -0.1) is 0 Å². The van der Waals surface area contributed by atoms with Crippen LogP contribution in [0.3, 0.4) is 0 Å². The zero-order chi connectivity index (χ0) is 21.2. The molecule has 0 aliphatic heterocycles. The Bertz CT molecular complexity index is 839. The molecule has 1 heterocycles. The average Bonchev–Trinajstić information content (AvgIpc) is 2.70. The molecule has 0 bridgehead atoms. The van der Waals surface area contributed by atoms with Gasteiger partial charge in [0.05, 0.1) is 6.54 Å². The highest BCUT2D eigenvalue weighted by molar-refractivity contribution is 5.97. The molecule has 1 aromatic heterocycles. The van der Waals surface area contributed by atoms with Gasteiger partial charge >= 0.3 is 5.97 Å². The molecule has 2 aromatic rings. The van der Waals surface area contributed by atoms with Crippen LogP contribution >= 0.6 is 0 Å². The second-order valence-corrected chi connectivity index (χ2v) is 6.95. The first-order valence-corrected chi connectivity index (χ1v) is 9.27. The molecule has 154 valence electrons. The zero-order valence-corrected chi connectivity index (χ0v) is 16.4. The standard InChI is InChI=1S/C21H25N3O5/c1-14(2)9-18(21(27)28)24-19(25)12-23-20(26)16-6-3-7-17(10-16)29-13-15-5-4-8-22-11-15/h3-8,10-11,14,18H,9,12-13H2,1-2H3,(H,23,26)(H,24,25)(H,27,28)/t18-/m0/s1. The van der Waals surface area contributed by atoms with Crippen LogP contribution in [-0.2, 0) is 16.2 Å². The molecule has 8 nitrogen and oxygen atoms in total. The van der Waals surface area contributed by atoms with Crippen molar-refractivity contribution in [1.29, 1.82) is 0 Å². The fraction of sp³-hybridized carbons (Fsp3) is 0.333. The molecule has 3 N–H and O–H groups in total. The summed E-state index contributed by atoms with van der Waals surface area (Å²) in [7, 11) is 0. The number of carbonyl (C=O) groups excluding carboxylic acids is 2. The molecule has 2 rings (SSSR count). The SMILES string of the molecule is CC(C)C[C@H](NC(=O)CNC(=O)c1cccc(OCc2cccnc2)c1)C(=O)O. The van der Waals surface area contributed by atoms with Crippen molar-refractivity contribution in [3.63, 3.8) is 0 Å². The van der Waals surface area contributed by atoms with Crippen molar-refractivity contribution in [3.8, 4) is 5.75 Å². The molecular weight excluding hydrogens is 374 g/mol. The third-order valence-electron chi connectivity index (χ3n) is 3.97. The summed E-state index contributed by atoms with van der Waals surface area (Å²) in [5.41, 5.74) is 1.23. The Balaban J connectivity index is 1.87. The van der Waals surface area contributed by atoms with E-state index >= 15 is 0 Å². The van der Waals surface area contributed by atoms with Gasteiger partial charge in [-0.3, -0.25) is 14.6 Å². The highest BCUT2D eigenvalue weighted by Crippen LogP contribution is 2.15. The topological polar surface area (TPSA) is 118 Å². The monoisotopic (exact) mass is 399 g/mol. The van der Waals surface area contributed by atoms with Crippen LogP contribution in [-0.4, -0.2) is 40.5 Å². The van der Waals surface area contributed by atoms with Crippen molar-refractivity contribution < 1.29 is 24.2 Å². The maximum absolute atomic E-state index is 12.3. The molecule has 0 unspecified atom stereocenters. The van der Waals surface area contributed by atoms with Crippen LogP contribution in [0.1, 0.15) is 36.2 Å². The van der Waals surface area contributed by atoms with E-state index in [2.05, 4.69) is 15.6 Å². The van der Waals surface area contributed by atoms with Crippen molar-refractivity contribution in [2.75, 3.05) is 6.54 Å². The van der Waals surface area contributed by atoms with Crippen LogP contribution in [0.4, 0.5) is 0 Å². The van der Waals surface area contributed by atoms with Gasteiger partial charge in [0.25, 0.3) is 5.91 Å². The number of aliphatic carboxylic acids is 1. The van der Waals surface area contributed by atoms with Gasteiger partial charge in [-0.2, -0.15) is 0 Å². The number of carboxylic acids is 1. The summed E-state index contributed by atoms with van der Waals surface area (Å²) in [6, 6.07) is 9.28. The lowest BCUT2D eigenvalue weighted by atomic mass is 10.0. The Labute approximate surface area is 169 Å². The zero-order valence-electron chi connectivity index (χ0n) is 16.4. The predicted octanol–water partition coefficient (Wildman–Crippen LogP) is 2.01. The summed E-state index contributed by atoms with van der Waals surface area (Å²) >= 11 is 0. The lowest BCUT2D eigenvalue weighted by molar-refractivity contribution is -0.142. The molecule has 0 fully saturated rings. The molecule has 8 heteroatoms. The fourth-order valence-corrected chi connectivity index (χ4v) is 2.58. The number of hydrogen-bond donors (Lipinski definition) is 3. The molecule has 0 saturated heterocycles. The van der Waals surface area contributed by atoms with Crippen molar-refractivity contribution in [1.82, 2.24) is 15.6 Å². The van der Waals surface area contributed by atoms with E-state index in [-0.39, 0.29) is 12.5 Å². The van der Waals surface area contributed by atoms with Crippen LogP contribution in [0.2, 0.25) is 0 Å². The molecule has 29 heavy (non-hydrogen) atoms. The number of amides is 2. The average molecular weight is 399 g/mol. The first kappa shape index (κ1) is 21.9. The highest BCUT2D eigenvalue weighted by Gasteiger charge is 2.21. The third-order valence-corrected chi connectivity index (χ3v) is 3.97. The third kappa shape index (κ3) is 7.61. The van der Waals surface area contributed by atoms with E-state index in [1.54, 1.807) is 36.7 Å². The Kier molecular flexibility index (Phi) is 8.14. The lowest BCUT2D eigenvalue weighted by Gasteiger charge is -2.16. The van der Waals surface area contributed by atoms with E-state index in [0.29, 0.717) is 24.3 Å². The number of nitrogens with zero attached hydrogens (tertiary/aromatic N) is 1. The number of aromatic nitrogens is 1. The fourth-order valence-electron chi connectivity index (χ4n) is 2.58. The Morgan fingerprint density at radius 1 is 1.17 bits per heavy atom. The van der Waals surface area contributed by atoms with Gasteiger partial charge in [-0.25, -0.2) is 4.79 Å². The van der Waals surface area contributed by atoms with E-state index in [4.69, 9.17) is 9.84 Å². The summed E-state index contributed by atoms with van der Waals surface area (Å²) in [5.74, 6) is -1.50. The number of nitrogens with one attached hydrogen (secondary N) is 2. The number of benzene rings is 1. The largest absolute Gasteiger partial charge is 0.489 e. The normalized spacial score (nSPS) is 11.6. The molecule has 0 saturated carbocycles. The van der Waals surface area contributed by atoms with Crippen molar-refractivity contribution in [3.05, 3.63) is 59.9 Å². The van der Waals surface area contributed by atoms with Crippen molar-refractivity contribution >= 4 is 17.8 Å². The van der Waals surface area contributed by atoms with Gasteiger partial charge in [0.15, 0.2) is 0 Å². The van der Waals surface area contributed by atoms with Crippen LogP contribution in [0, 0.1) is 5.92 Å². The minimum atomic E-state index is -1.10. The number of ether oxygens (including phenoxy) is 1. The Morgan fingerprint density at radius 2 is 1.97 bits per heavy atom. The van der Waals surface area contributed by atoms with E-state index in [1.165, 1.54) is 0 Å². The quantitative estimate of drug-likeness (QED) is 0.563. The smallest absolute Gasteiger partial charge is 0.326 e. The molecule has 2 amide bonds. The summed E-state index contributed by atoms with van der Waals surface area (Å²) < 4.78 is 5.66. The molecule has 1 atom stereocenters. The van der Waals surface area contributed by atoms with Crippen molar-refractivity contribution in [2.45, 2.75) is 32.9 Å². The maximum Gasteiger partial charge on any atom is 0.326 e. The second kappa shape index (κ2) is 10.8. The maximum atomic E-state index is 12.3. The van der Waals surface area contributed by atoms with E-state index in [0.717, 1.165) is 5.56 Å². The first-order chi connectivity index (χ1) is 13.8. The Hall–Kier alpha value is -3.42. The molecule has 0 spiro atoms. The van der Waals surface area contributed by atoms with Gasteiger partial charge in [-0.05, 0) is 36.6 Å². The van der Waals surface area contributed by atoms with Crippen LogP contribution in [0.25, 0.3) is 0 Å². The van der Waals surface area contributed by atoms with E-state index in [1.807, 2.05) is 26.0 Å². The van der Waals surface area contributed by atoms with Crippen LogP contribution in [0.5, 0.6) is 5.75 Å². The summed E-state index contributed by atoms with van der Waals surface area (Å²) in [5, 5.41) is 14.1. The number of rotatable bonds is 10. The minimum Gasteiger partial charge on any atom is -0.489 e. The number of carbonyl (C=O) groups is 3. The minimum absolute atomic E-state index is 0.111. The second-order valence-electron chi connectivity index (χ2n) is 6.95. The number of carboxylic acid groups (broad SMARTS) is 1.